The van der Waals surface area contributed by atoms with E-state index in [1.165, 1.54) is 16.8 Å². The second-order valence-corrected chi connectivity index (χ2v) is 4.91. The maximum absolute atomic E-state index is 5.43. The zero-order valence-corrected chi connectivity index (χ0v) is 11.1. The monoisotopic (exact) mass is 254 g/mol. The van der Waals surface area contributed by atoms with Crippen LogP contribution >= 0.6 is 0 Å². The van der Waals surface area contributed by atoms with Gasteiger partial charge in [0.25, 0.3) is 0 Å². The molecule has 0 bridgehead atoms. The molecule has 1 aliphatic rings. The zero-order valence-electron chi connectivity index (χ0n) is 11.1. The number of nitrogens with one attached hydrogen (secondary N) is 1. The van der Waals surface area contributed by atoms with Crippen molar-refractivity contribution in [3.8, 4) is 0 Å². The second kappa shape index (κ2) is 4.90. The van der Waals surface area contributed by atoms with Crippen molar-refractivity contribution in [2.75, 3.05) is 16.9 Å². The van der Waals surface area contributed by atoms with Crippen molar-refractivity contribution >= 4 is 17.3 Å². The lowest BCUT2D eigenvalue weighted by atomic mass is 9.99. The highest BCUT2D eigenvalue weighted by molar-refractivity contribution is 5.66. The Hall–Kier alpha value is -2.07. The predicted molar refractivity (Wildman–Crippen MR) is 78.6 cm³/mol. The minimum absolute atomic E-state index is 0.691. The molecular weight excluding hydrogens is 236 g/mol. The van der Waals surface area contributed by atoms with Crippen LogP contribution in [0.4, 0.5) is 17.3 Å². The van der Waals surface area contributed by atoms with Crippen molar-refractivity contribution in [3.05, 3.63) is 47.5 Å². The quantitative estimate of drug-likeness (QED) is 0.639. The van der Waals surface area contributed by atoms with E-state index in [1.807, 2.05) is 18.2 Å². The van der Waals surface area contributed by atoms with E-state index in [0.717, 1.165) is 25.2 Å². The lowest BCUT2D eigenvalue weighted by molar-refractivity contribution is 0.759. The highest BCUT2D eigenvalue weighted by atomic mass is 15.3. The molecule has 3 rings (SSSR count). The molecule has 0 saturated heterocycles. The largest absolute Gasteiger partial charge is 0.326 e. The van der Waals surface area contributed by atoms with Crippen LogP contribution in [0.25, 0.3) is 0 Å². The molecule has 3 N–H and O–H groups in total. The number of aromatic nitrogens is 1. The van der Waals surface area contributed by atoms with Crippen molar-refractivity contribution in [2.45, 2.75) is 19.8 Å². The maximum atomic E-state index is 5.43. The normalized spacial score (nSPS) is 14.1. The molecule has 2 aromatic rings. The molecule has 0 saturated carbocycles. The molecule has 0 spiro atoms. The van der Waals surface area contributed by atoms with Crippen molar-refractivity contribution in [1.29, 1.82) is 0 Å². The van der Waals surface area contributed by atoms with E-state index in [0.29, 0.717) is 5.82 Å². The van der Waals surface area contributed by atoms with E-state index < -0.39 is 0 Å². The fourth-order valence-electron chi connectivity index (χ4n) is 2.62. The Bertz CT molecular complexity index is 594. The van der Waals surface area contributed by atoms with Crippen molar-refractivity contribution in [1.82, 2.24) is 4.98 Å². The molecule has 4 heteroatoms. The van der Waals surface area contributed by atoms with Gasteiger partial charge in [0.05, 0.1) is 0 Å². The Morgan fingerprint density at radius 2 is 2.16 bits per heavy atom. The Kier molecular flexibility index (Phi) is 3.09. The van der Waals surface area contributed by atoms with Crippen molar-refractivity contribution in [3.63, 3.8) is 0 Å². The highest BCUT2D eigenvalue weighted by Gasteiger charge is 2.19. The summed E-state index contributed by atoms with van der Waals surface area (Å²) in [6, 6.07) is 12.5. The van der Waals surface area contributed by atoms with Gasteiger partial charge in [0, 0.05) is 12.2 Å². The van der Waals surface area contributed by atoms with Crippen LogP contribution in [-0.4, -0.2) is 11.5 Å². The SMILES string of the molecule is Cc1ccc2c(c1)CCCN2c1cccc(NN)n1. The van der Waals surface area contributed by atoms with Crippen molar-refractivity contribution in [2.24, 2.45) is 5.84 Å². The smallest absolute Gasteiger partial charge is 0.142 e. The van der Waals surface area contributed by atoms with Gasteiger partial charge in [0.15, 0.2) is 0 Å². The van der Waals surface area contributed by atoms with Crippen molar-refractivity contribution < 1.29 is 0 Å². The molecule has 0 fully saturated rings. The van der Waals surface area contributed by atoms with Crippen LogP contribution in [0.2, 0.25) is 0 Å². The molecule has 19 heavy (non-hydrogen) atoms. The number of aryl methyl sites for hydroxylation is 2. The standard InChI is InChI=1S/C15H18N4/c1-11-7-8-13-12(10-11)4-3-9-19(13)15-6-2-5-14(17-15)18-16/h2,5-8,10H,3-4,9,16H2,1H3,(H,17,18). The van der Waals surface area contributed by atoms with E-state index in [-0.39, 0.29) is 0 Å². The first kappa shape index (κ1) is 12.0. The third-order valence-electron chi connectivity index (χ3n) is 3.51. The van der Waals surface area contributed by atoms with Gasteiger partial charge in [-0.1, -0.05) is 23.8 Å². The average molecular weight is 254 g/mol. The Morgan fingerprint density at radius 1 is 1.26 bits per heavy atom. The number of hydrazine groups is 1. The first-order valence-electron chi connectivity index (χ1n) is 6.58. The minimum Gasteiger partial charge on any atom is -0.326 e. The number of hydrogen-bond acceptors (Lipinski definition) is 4. The molecule has 0 aliphatic carbocycles. The van der Waals surface area contributed by atoms with E-state index >= 15 is 0 Å². The van der Waals surface area contributed by atoms with Gasteiger partial charge >= 0.3 is 0 Å². The summed E-state index contributed by atoms with van der Waals surface area (Å²) in [5.41, 5.74) is 6.58. The summed E-state index contributed by atoms with van der Waals surface area (Å²) in [6.45, 7) is 3.13. The Morgan fingerprint density at radius 3 is 3.00 bits per heavy atom. The number of fused-ring (bicyclic) bond motifs is 1. The van der Waals surface area contributed by atoms with Gasteiger partial charge in [-0.25, -0.2) is 10.8 Å². The topological polar surface area (TPSA) is 54.2 Å². The Balaban J connectivity index is 2.03. The van der Waals surface area contributed by atoms with Crippen LogP contribution in [0.3, 0.4) is 0 Å². The highest BCUT2D eigenvalue weighted by Crippen LogP contribution is 2.33. The minimum atomic E-state index is 0.691. The predicted octanol–water partition coefficient (Wildman–Crippen LogP) is 2.76. The second-order valence-electron chi connectivity index (χ2n) is 4.91. The van der Waals surface area contributed by atoms with Crippen LogP contribution in [-0.2, 0) is 6.42 Å². The molecule has 1 aromatic heterocycles. The molecule has 0 radical (unpaired) electrons. The van der Waals surface area contributed by atoms with Crippen LogP contribution in [0.1, 0.15) is 17.5 Å². The van der Waals surface area contributed by atoms with Crippen LogP contribution in [0.5, 0.6) is 0 Å². The number of pyridine rings is 1. The molecule has 2 heterocycles. The number of benzene rings is 1. The summed E-state index contributed by atoms with van der Waals surface area (Å²) >= 11 is 0. The van der Waals surface area contributed by atoms with Gasteiger partial charge in [-0.2, -0.15) is 0 Å². The molecule has 0 atom stereocenters. The number of nitrogens with zero attached hydrogens (tertiary/aromatic N) is 2. The summed E-state index contributed by atoms with van der Waals surface area (Å²) in [6.07, 6.45) is 2.29. The van der Waals surface area contributed by atoms with Crippen LogP contribution in [0, 0.1) is 6.92 Å². The number of nitrogen functional groups attached to an aromatic ring is 1. The van der Waals surface area contributed by atoms with Crippen LogP contribution in [0.15, 0.2) is 36.4 Å². The molecule has 1 aliphatic heterocycles. The summed E-state index contributed by atoms with van der Waals surface area (Å²) in [5, 5.41) is 0. The number of rotatable bonds is 2. The number of hydrogen-bond donors (Lipinski definition) is 2. The molecule has 0 amide bonds. The zero-order chi connectivity index (χ0) is 13.2. The molecule has 1 aromatic carbocycles. The van der Waals surface area contributed by atoms with Gasteiger partial charge in [-0.3, -0.25) is 0 Å². The van der Waals surface area contributed by atoms with Gasteiger partial charge in [-0.15, -0.1) is 0 Å². The first-order chi connectivity index (χ1) is 9.28. The number of nitrogens with two attached hydrogens (primary N) is 1. The van der Waals surface area contributed by atoms with Gasteiger partial charge in [0.2, 0.25) is 0 Å². The Labute approximate surface area is 113 Å². The average Bonchev–Trinajstić information content (AvgIpc) is 2.46. The van der Waals surface area contributed by atoms with E-state index in [1.54, 1.807) is 0 Å². The summed E-state index contributed by atoms with van der Waals surface area (Å²) < 4.78 is 0. The van der Waals surface area contributed by atoms with Crippen LogP contribution < -0.4 is 16.2 Å². The molecular formula is C15H18N4. The third kappa shape index (κ3) is 2.27. The third-order valence-corrected chi connectivity index (χ3v) is 3.51. The lowest BCUT2D eigenvalue weighted by Gasteiger charge is -2.30. The van der Waals surface area contributed by atoms with E-state index in [9.17, 15) is 0 Å². The lowest BCUT2D eigenvalue weighted by Crippen LogP contribution is -2.25. The molecule has 98 valence electrons. The first-order valence-corrected chi connectivity index (χ1v) is 6.58. The number of anilines is 3. The van der Waals surface area contributed by atoms with Gasteiger partial charge < -0.3 is 10.3 Å². The maximum Gasteiger partial charge on any atom is 0.142 e. The summed E-state index contributed by atoms with van der Waals surface area (Å²) in [7, 11) is 0. The van der Waals surface area contributed by atoms with Gasteiger partial charge in [-0.05, 0) is 43.5 Å². The molecule has 0 unspecified atom stereocenters. The molecule has 4 nitrogen and oxygen atoms in total. The van der Waals surface area contributed by atoms with E-state index in [4.69, 9.17) is 5.84 Å². The van der Waals surface area contributed by atoms with Gasteiger partial charge in [0.1, 0.15) is 11.6 Å². The summed E-state index contributed by atoms with van der Waals surface area (Å²) in [4.78, 5) is 6.79. The summed E-state index contributed by atoms with van der Waals surface area (Å²) in [5.74, 6) is 7.07. The fourth-order valence-corrected chi connectivity index (χ4v) is 2.62. The van der Waals surface area contributed by atoms with E-state index in [2.05, 4.69) is 40.4 Å². The fraction of sp³-hybridized carbons (Fsp3) is 0.267.